The molecule has 1 saturated carbocycles. The zero-order valence-corrected chi connectivity index (χ0v) is 12.8. The van der Waals surface area contributed by atoms with Crippen LogP contribution in [0.5, 0.6) is 0 Å². The van der Waals surface area contributed by atoms with Crippen LogP contribution in [0.15, 0.2) is 30.3 Å². The van der Waals surface area contributed by atoms with Gasteiger partial charge in [0, 0.05) is 12.8 Å². The van der Waals surface area contributed by atoms with Crippen molar-refractivity contribution in [2.24, 2.45) is 0 Å². The van der Waals surface area contributed by atoms with Crippen LogP contribution in [0.2, 0.25) is 0 Å². The maximum absolute atomic E-state index is 12.1. The number of imide groups is 1. The summed E-state index contributed by atoms with van der Waals surface area (Å²) in [6.45, 7) is 0.0703. The Kier molecular flexibility index (Phi) is 4.20. The van der Waals surface area contributed by atoms with Gasteiger partial charge in [-0.05, 0) is 18.4 Å². The zero-order valence-electron chi connectivity index (χ0n) is 12.8. The van der Waals surface area contributed by atoms with E-state index in [9.17, 15) is 19.2 Å². The van der Waals surface area contributed by atoms with Crippen LogP contribution in [-0.2, 0) is 30.6 Å². The number of rotatable bonds is 5. The lowest BCUT2D eigenvalue weighted by Gasteiger charge is -2.19. The van der Waals surface area contributed by atoms with Crippen LogP contribution >= 0.6 is 0 Å². The van der Waals surface area contributed by atoms with Crippen LogP contribution < -0.4 is 5.32 Å². The van der Waals surface area contributed by atoms with Crippen LogP contribution in [0, 0.1) is 0 Å². The second-order valence-corrected chi connectivity index (χ2v) is 5.73. The standard InChI is InChI=1S/C16H16N2O6/c19-12-6-7-13(20)18(12)24-14(21)16(8-9-16)17-15(22)23-10-11-4-2-1-3-5-11/h1-5H,6-10H2,(H,17,22). The van der Waals surface area contributed by atoms with Crippen molar-refractivity contribution >= 4 is 23.9 Å². The van der Waals surface area contributed by atoms with Crippen molar-refractivity contribution in [2.75, 3.05) is 0 Å². The minimum absolute atomic E-state index is 0.0195. The fourth-order valence-electron chi connectivity index (χ4n) is 2.29. The molecular formula is C16H16N2O6. The lowest BCUT2D eigenvalue weighted by atomic mass is 10.2. The first-order valence-electron chi connectivity index (χ1n) is 7.57. The number of amides is 3. The fourth-order valence-corrected chi connectivity index (χ4v) is 2.29. The fraction of sp³-hybridized carbons (Fsp3) is 0.375. The van der Waals surface area contributed by atoms with E-state index in [0.717, 1.165) is 5.56 Å². The van der Waals surface area contributed by atoms with E-state index in [0.29, 0.717) is 17.9 Å². The summed E-state index contributed by atoms with van der Waals surface area (Å²) in [5, 5.41) is 2.93. The normalized spacial score (nSPS) is 18.2. The number of benzene rings is 1. The second kappa shape index (κ2) is 6.31. The minimum atomic E-state index is -1.23. The molecule has 1 N–H and O–H groups in total. The molecule has 1 saturated heterocycles. The molecule has 24 heavy (non-hydrogen) atoms. The van der Waals surface area contributed by atoms with Gasteiger partial charge in [-0.3, -0.25) is 9.59 Å². The Morgan fingerprint density at radius 1 is 1.08 bits per heavy atom. The van der Waals surface area contributed by atoms with Crippen LogP contribution in [0.1, 0.15) is 31.2 Å². The average molecular weight is 332 g/mol. The first kappa shape index (κ1) is 16.0. The van der Waals surface area contributed by atoms with E-state index >= 15 is 0 Å². The van der Waals surface area contributed by atoms with Crippen LogP contribution in [0.3, 0.4) is 0 Å². The van der Waals surface area contributed by atoms with Gasteiger partial charge in [0.15, 0.2) is 0 Å². The van der Waals surface area contributed by atoms with Crippen molar-refractivity contribution in [1.29, 1.82) is 0 Å². The maximum Gasteiger partial charge on any atom is 0.408 e. The SMILES string of the molecule is O=C(NC1(C(=O)ON2C(=O)CCC2=O)CC1)OCc1ccccc1. The molecule has 0 aromatic heterocycles. The van der Waals surface area contributed by atoms with Gasteiger partial charge in [-0.2, -0.15) is 0 Å². The summed E-state index contributed by atoms with van der Waals surface area (Å²) < 4.78 is 5.06. The highest BCUT2D eigenvalue weighted by Gasteiger charge is 2.55. The Bertz CT molecular complexity index is 667. The maximum atomic E-state index is 12.1. The molecule has 2 fully saturated rings. The van der Waals surface area contributed by atoms with E-state index in [2.05, 4.69) is 5.32 Å². The van der Waals surface area contributed by atoms with Gasteiger partial charge in [0.25, 0.3) is 11.8 Å². The van der Waals surface area contributed by atoms with Crippen LogP contribution in [0.4, 0.5) is 4.79 Å². The molecule has 0 radical (unpaired) electrons. The van der Waals surface area contributed by atoms with Gasteiger partial charge in [0.1, 0.15) is 12.1 Å². The van der Waals surface area contributed by atoms with Gasteiger partial charge in [0.05, 0.1) is 0 Å². The van der Waals surface area contributed by atoms with Gasteiger partial charge in [0.2, 0.25) is 0 Å². The Morgan fingerprint density at radius 2 is 1.71 bits per heavy atom. The van der Waals surface area contributed by atoms with Crippen molar-refractivity contribution in [3.05, 3.63) is 35.9 Å². The van der Waals surface area contributed by atoms with Crippen LogP contribution in [-0.4, -0.2) is 34.5 Å². The molecular weight excluding hydrogens is 316 g/mol. The minimum Gasteiger partial charge on any atom is -0.445 e. The molecule has 8 heteroatoms. The predicted octanol–water partition coefficient (Wildman–Crippen LogP) is 1.05. The molecule has 0 unspecified atom stereocenters. The zero-order chi connectivity index (χ0) is 17.2. The number of ether oxygens (including phenoxy) is 1. The lowest BCUT2D eigenvalue weighted by Crippen LogP contribution is -2.47. The average Bonchev–Trinajstić information content (AvgIpc) is 3.30. The summed E-state index contributed by atoms with van der Waals surface area (Å²) in [7, 11) is 0. The Morgan fingerprint density at radius 3 is 2.29 bits per heavy atom. The van der Waals surface area contributed by atoms with Crippen molar-refractivity contribution in [3.63, 3.8) is 0 Å². The number of alkyl carbamates (subject to hydrolysis) is 1. The molecule has 2 aliphatic rings. The quantitative estimate of drug-likeness (QED) is 0.809. The Labute approximate surface area is 137 Å². The highest BCUT2D eigenvalue weighted by molar-refractivity contribution is 6.02. The molecule has 3 rings (SSSR count). The van der Waals surface area contributed by atoms with E-state index in [1.165, 1.54) is 0 Å². The highest BCUT2D eigenvalue weighted by Crippen LogP contribution is 2.37. The molecule has 0 atom stereocenters. The van der Waals surface area contributed by atoms with E-state index < -0.39 is 29.4 Å². The molecule has 0 bridgehead atoms. The number of carbonyl (C=O) groups excluding carboxylic acids is 4. The van der Waals surface area contributed by atoms with Gasteiger partial charge < -0.3 is 14.9 Å². The Hall–Kier alpha value is -2.90. The molecule has 3 amide bonds. The highest BCUT2D eigenvalue weighted by atomic mass is 16.7. The number of carbonyl (C=O) groups is 4. The predicted molar refractivity (Wildman–Crippen MR) is 78.9 cm³/mol. The van der Waals surface area contributed by atoms with Crippen molar-refractivity contribution in [2.45, 2.75) is 37.8 Å². The van der Waals surface area contributed by atoms with E-state index in [1.807, 2.05) is 18.2 Å². The monoisotopic (exact) mass is 332 g/mol. The third kappa shape index (κ3) is 3.37. The molecule has 1 heterocycles. The van der Waals surface area contributed by atoms with Crippen molar-refractivity contribution in [1.82, 2.24) is 10.4 Å². The first-order chi connectivity index (χ1) is 11.5. The number of hydrogen-bond acceptors (Lipinski definition) is 6. The summed E-state index contributed by atoms with van der Waals surface area (Å²) in [6, 6.07) is 9.10. The number of hydroxylamine groups is 2. The third-order valence-corrected chi connectivity index (χ3v) is 3.87. The van der Waals surface area contributed by atoms with E-state index in [4.69, 9.17) is 9.57 Å². The van der Waals surface area contributed by atoms with Crippen LogP contribution in [0.25, 0.3) is 0 Å². The molecule has 1 aromatic rings. The molecule has 126 valence electrons. The summed E-state index contributed by atoms with van der Waals surface area (Å²) in [5.74, 6) is -1.95. The van der Waals surface area contributed by atoms with Gasteiger partial charge >= 0.3 is 12.1 Å². The van der Waals surface area contributed by atoms with Gasteiger partial charge in [-0.1, -0.05) is 30.3 Å². The summed E-state index contributed by atoms with van der Waals surface area (Å²) >= 11 is 0. The van der Waals surface area contributed by atoms with Crippen molar-refractivity contribution < 1.29 is 28.8 Å². The van der Waals surface area contributed by atoms with Gasteiger partial charge in [-0.25, -0.2) is 9.59 Å². The molecule has 1 aliphatic heterocycles. The topological polar surface area (TPSA) is 102 Å². The first-order valence-corrected chi connectivity index (χ1v) is 7.57. The third-order valence-electron chi connectivity index (χ3n) is 3.87. The van der Waals surface area contributed by atoms with E-state index in [-0.39, 0.29) is 19.4 Å². The van der Waals surface area contributed by atoms with E-state index in [1.54, 1.807) is 12.1 Å². The Balaban J connectivity index is 1.52. The number of nitrogens with zero attached hydrogens (tertiary/aromatic N) is 1. The number of hydrogen-bond donors (Lipinski definition) is 1. The molecule has 0 spiro atoms. The molecule has 1 aliphatic carbocycles. The summed E-state index contributed by atoms with van der Waals surface area (Å²) in [6.07, 6.45) is 0.00911. The number of nitrogens with one attached hydrogen (secondary N) is 1. The van der Waals surface area contributed by atoms with Crippen molar-refractivity contribution in [3.8, 4) is 0 Å². The summed E-state index contributed by atoms with van der Waals surface area (Å²) in [5.41, 5.74) is -0.412. The molecule has 1 aromatic carbocycles. The smallest absolute Gasteiger partial charge is 0.408 e. The summed E-state index contributed by atoms with van der Waals surface area (Å²) in [4.78, 5) is 51.8. The largest absolute Gasteiger partial charge is 0.445 e. The molecule has 8 nitrogen and oxygen atoms in total. The van der Waals surface area contributed by atoms with Gasteiger partial charge in [-0.15, -0.1) is 5.06 Å². The second-order valence-electron chi connectivity index (χ2n) is 5.73. The lowest BCUT2D eigenvalue weighted by molar-refractivity contribution is -0.199.